The number of nitro benzene ring substituents is 1. The molecule has 0 aliphatic carbocycles. The molecule has 0 spiro atoms. The van der Waals surface area contributed by atoms with Gasteiger partial charge >= 0.3 is 5.97 Å². The highest BCUT2D eigenvalue weighted by molar-refractivity contribution is 7.99. The summed E-state index contributed by atoms with van der Waals surface area (Å²) in [6.07, 6.45) is 0. The lowest BCUT2D eigenvalue weighted by Crippen LogP contribution is -2.02. The van der Waals surface area contributed by atoms with E-state index in [-0.39, 0.29) is 11.3 Å². The molecule has 0 saturated heterocycles. The lowest BCUT2D eigenvalue weighted by Gasteiger charge is -2.06. The Morgan fingerprint density at radius 3 is 2.61 bits per heavy atom. The van der Waals surface area contributed by atoms with Gasteiger partial charge in [-0.25, -0.2) is 4.79 Å². The maximum Gasteiger partial charge on any atom is 0.338 e. The van der Waals surface area contributed by atoms with E-state index >= 15 is 0 Å². The zero-order valence-corrected chi connectivity index (χ0v) is 13.4. The number of nitriles is 1. The van der Waals surface area contributed by atoms with Crippen LogP contribution in [0.5, 0.6) is 0 Å². The van der Waals surface area contributed by atoms with Gasteiger partial charge in [0, 0.05) is 16.0 Å². The molecule has 0 atom stereocenters. The first-order valence-electron chi connectivity index (χ1n) is 6.20. The van der Waals surface area contributed by atoms with Crippen molar-refractivity contribution in [3.05, 3.63) is 62.7 Å². The van der Waals surface area contributed by atoms with E-state index in [1.807, 2.05) is 6.07 Å². The number of nitro groups is 1. The number of rotatable bonds is 4. The molecule has 2 aromatic carbocycles. The summed E-state index contributed by atoms with van der Waals surface area (Å²) in [5, 5.41) is 20.8. The molecule has 0 aliphatic heterocycles. The predicted octanol–water partition coefficient (Wildman–Crippen LogP) is 4.06. The minimum Gasteiger partial charge on any atom is -0.465 e. The number of carbonyl (C=O) groups excluding carboxylic acids is 1. The number of ether oxygens (including phenoxy) is 1. The first kappa shape index (κ1) is 16.8. The number of benzene rings is 2. The Morgan fingerprint density at radius 2 is 2.00 bits per heavy atom. The van der Waals surface area contributed by atoms with E-state index in [4.69, 9.17) is 16.9 Å². The molecular weight excluding hydrogens is 340 g/mol. The average molecular weight is 349 g/mol. The third kappa shape index (κ3) is 3.80. The minimum atomic E-state index is -0.658. The quantitative estimate of drug-likeness (QED) is 0.470. The van der Waals surface area contributed by atoms with Crippen LogP contribution in [0.15, 0.2) is 46.2 Å². The summed E-state index contributed by atoms with van der Waals surface area (Å²) < 4.78 is 4.55. The van der Waals surface area contributed by atoms with Crippen molar-refractivity contribution in [3.63, 3.8) is 0 Å². The Morgan fingerprint density at radius 1 is 1.30 bits per heavy atom. The summed E-state index contributed by atoms with van der Waals surface area (Å²) >= 11 is 6.89. The first-order valence-corrected chi connectivity index (χ1v) is 7.40. The van der Waals surface area contributed by atoms with Crippen LogP contribution >= 0.6 is 23.4 Å². The van der Waals surface area contributed by atoms with Crippen molar-refractivity contribution >= 4 is 35.0 Å². The molecule has 6 nitrogen and oxygen atoms in total. The SMILES string of the molecule is COC(=O)c1ccc(Sc2ccc(Cl)cc2C#N)c([N+](=O)[O-])c1. The fourth-order valence-electron chi connectivity index (χ4n) is 1.79. The maximum absolute atomic E-state index is 11.5. The van der Waals surface area contributed by atoms with Crippen LogP contribution in [0.3, 0.4) is 0 Å². The number of esters is 1. The van der Waals surface area contributed by atoms with Gasteiger partial charge in [-0.05, 0) is 30.3 Å². The van der Waals surface area contributed by atoms with Gasteiger partial charge in [0.2, 0.25) is 0 Å². The molecule has 0 unspecified atom stereocenters. The van der Waals surface area contributed by atoms with Crippen LogP contribution in [0.25, 0.3) is 0 Å². The molecule has 0 radical (unpaired) electrons. The van der Waals surface area contributed by atoms with Crippen molar-refractivity contribution in [2.45, 2.75) is 9.79 Å². The normalized spacial score (nSPS) is 9.96. The monoisotopic (exact) mass is 348 g/mol. The Hall–Kier alpha value is -2.56. The van der Waals surface area contributed by atoms with Crippen molar-refractivity contribution in [2.24, 2.45) is 0 Å². The van der Waals surface area contributed by atoms with Crippen LogP contribution in [-0.2, 0) is 4.74 Å². The number of methoxy groups -OCH3 is 1. The van der Waals surface area contributed by atoms with Crippen LogP contribution in [0.4, 0.5) is 5.69 Å². The summed E-state index contributed by atoms with van der Waals surface area (Å²) in [6.45, 7) is 0. The van der Waals surface area contributed by atoms with Gasteiger partial charge in [0.25, 0.3) is 5.69 Å². The van der Waals surface area contributed by atoms with Crippen molar-refractivity contribution in [1.29, 1.82) is 5.26 Å². The van der Waals surface area contributed by atoms with Crippen LogP contribution in [0, 0.1) is 21.4 Å². The Bertz CT molecular complexity index is 833. The molecule has 0 aliphatic rings. The van der Waals surface area contributed by atoms with E-state index in [2.05, 4.69) is 4.74 Å². The van der Waals surface area contributed by atoms with Crippen molar-refractivity contribution < 1.29 is 14.5 Å². The number of hydrogen-bond donors (Lipinski definition) is 0. The van der Waals surface area contributed by atoms with Gasteiger partial charge in [0.1, 0.15) is 6.07 Å². The fraction of sp³-hybridized carbons (Fsp3) is 0.0667. The van der Waals surface area contributed by atoms with Crippen molar-refractivity contribution in [3.8, 4) is 6.07 Å². The third-order valence-corrected chi connectivity index (χ3v) is 4.23. The van der Waals surface area contributed by atoms with E-state index in [1.165, 1.54) is 25.3 Å². The highest BCUT2D eigenvalue weighted by Crippen LogP contribution is 2.37. The second-order valence-corrected chi connectivity index (χ2v) is 5.81. The van der Waals surface area contributed by atoms with E-state index in [0.717, 1.165) is 17.8 Å². The third-order valence-electron chi connectivity index (χ3n) is 2.86. The topological polar surface area (TPSA) is 93.2 Å². The van der Waals surface area contributed by atoms with Crippen molar-refractivity contribution in [2.75, 3.05) is 7.11 Å². The molecule has 0 aromatic heterocycles. The van der Waals surface area contributed by atoms with Crippen LogP contribution in [0.1, 0.15) is 15.9 Å². The van der Waals surface area contributed by atoms with Crippen LogP contribution in [0.2, 0.25) is 5.02 Å². The summed E-state index contributed by atoms with van der Waals surface area (Å²) in [6, 6.07) is 10.7. The summed E-state index contributed by atoms with van der Waals surface area (Å²) in [5.41, 5.74) is 0.158. The zero-order chi connectivity index (χ0) is 17.0. The van der Waals surface area contributed by atoms with Gasteiger partial charge in [-0.1, -0.05) is 23.4 Å². The number of carbonyl (C=O) groups is 1. The van der Waals surface area contributed by atoms with Gasteiger partial charge in [0.05, 0.1) is 28.1 Å². The largest absolute Gasteiger partial charge is 0.465 e. The van der Waals surface area contributed by atoms with Gasteiger partial charge in [-0.3, -0.25) is 10.1 Å². The lowest BCUT2D eigenvalue weighted by molar-refractivity contribution is -0.387. The number of hydrogen-bond acceptors (Lipinski definition) is 6. The van der Waals surface area contributed by atoms with E-state index in [9.17, 15) is 14.9 Å². The summed E-state index contributed by atoms with van der Waals surface area (Å²) in [7, 11) is 1.20. The predicted molar refractivity (Wildman–Crippen MR) is 84.7 cm³/mol. The van der Waals surface area contributed by atoms with Gasteiger partial charge < -0.3 is 4.74 Å². The fourth-order valence-corrected chi connectivity index (χ4v) is 2.92. The first-order chi connectivity index (χ1) is 11.0. The van der Waals surface area contributed by atoms with Crippen LogP contribution < -0.4 is 0 Å². The molecule has 0 N–H and O–H groups in total. The maximum atomic E-state index is 11.5. The molecule has 8 heteroatoms. The van der Waals surface area contributed by atoms with E-state index < -0.39 is 10.9 Å². The minimum absolute atomic E-state index is 0.0835. The second-order valence-electron chi connectivity index (χ2n) is 4.29. The smallest absolute Gasteiger partial charge is 0.338 e. The van der Waals surface area contributed by atoms with Gasteiger partial charge in [-0.2, -0.15) is 5.26 Å². The van der Waals surface area contributed by atoms with Crippen molar-refractivity contribution in [1.82, 2.24) is 0 Å². The molecule has 0 heterocycles. The Labute approximate surface area is 140 Å². The highest BCUT2D eigenvalue weighted by Gasteiger charge is 2.19. The lowest BCUT2D eigenvalue weighted by atomic mass is 10.2. The molecule has 2 aromatic rings. The summed E-state index contributed by atoms with van der Waals surface area (Å²) in [4.78, 5) is 23.0. The Balaban J connectivity index is 2.46. The average Bonchev–Trinajstić information content (AvgIpc) is 2.55. The summed E-state index contributed by atoms with van der Waals surface area (Å²) in [5.74, 6) is -0.658. The zero-order valence-electron chi connectivity index (χ0n) is 11.8. The standard InChI is InChI=1S/C15H9ClN2O4S/c1-22-15(19)9-2-4-14(12(7-9)18(20)21)23-13-5-3-11(16)6-10(13)8-17/h2-7H,1H3. The van der Waals surface area contributed by atoms with E-state index in [1.54, 1.807) is 12.1 Å². The molecule has 116 valence electrons. The molecule has 0 amide bonds. The van der Waals surface area contributed by atoms with E-state index in [0.29, 0.717) is 20.4 Å². The molecule has 23 heavy (non-hydrogen) atoms. The molecule has 0 saturated carbocycles. The molecule has 0 bridgehead atoms. The van der Waals surface area contributed by atoms with Gasteiger partial charge in [-0.15, -0.1) is 0 Å². The highest BCUT2D eigenvalue weighted by atomic mass is 35.5. The molecule has 0 fully saturated rings. The number of nitrogens with zero attached hydrogens (tertiary/aromatic N) is 2. The molecular formula is C15H9ClN2O4S. The Kier molecular flexibility index (Phi) is 5.21. The molecule has 2 rings (SSSR count). The van der Waals surface area contributed by atoms with Crippen LogP contribution in [-0.4, -0.2) is 18.0 Å². The number of halogens is 1. The second kappa shape index (κ2) is 7.13. The van der Waals surface area contributed by atoms with Gasteiger partial charge in [0.15, 0.2) is 0 Å².